The highest BCUT2D eigenvalue weighted by atomic mass is 16.1. The summed E-state index contributed by atoms with van der Waals surface area (Å²) in [5.41, 5.74) is 1.47. The molecular formula is C14H11NO. The first-order valence-corrected chi connectivity index (χ1v) is 5.00. The van der Waals surface area contributed by atoms with E-state index in [-0.39, 0.29) is 5.78 Å². The second kappa shape index (κ2) is 4.50. The molecule has 2 heteroatoms. The molecule has 0 radical (unpaired) electrons. The molecule has 0 atom stereocenters. The van der Waals surface area contributed by atoms with E-state index < -0.39 is 0 Å². The number of hydrogen-bond acceptors (Lipinski definition) is 1. The van der Waals surface area contributed by atoms with Gasteiger partial charge in [-0.3, -0.25) is 4.79 Å². The molecule has 16 heavy (non-hydrogen) atoms. The minimum atomic E-state index is -0.151. The van der Waals surface area contributed by atoms with Crippen LogP contribution in [0.25, 0.3) is 0 Å². The number of carbonyl (C=O) groups is 1. The van der Waals surface area contributed by atoms with Crippen LogP contribution in [0.4, 0.5) is 0 Å². The van der Waals surface area contributed by atoms with Gasteiger partial charge in [-0.05, 0) is 24.0 Å². The van der Waals surface area contributed by atoms with Crippen molar-refractivity contribution >= 4 is 5.78 Å². The van der Waals surface area contributed by atoms with E-state index in [1.165, 1.54) is 0 Å². The molecule has 0 saturated carbocycles. The Morgan fingerprint density at radius 1 is 1.12 bits per heavy atom. The van der Waals surface area contributed by atoms with Crippen LogP contribution in [0.1, 0.15) is 16.1 Å². The fraction of sp³-hybridized carbons (Fsp3) is 0.0714. The molecular weight excluding hydrogens is 198 g/mol. The Balaban J connectivity index is 2.21. The van der Waals surface area contributed by atoms with Crippen molar-refractivity contribution in [2.45, 2.75) is 0 Å². The zero-order chi connectivity index (χ0) is 11.4. The van der Waals surface area contributed by atoms with E-state index in [0.717, 1.165) is 5.69 Å². The molecule has 0 aliphatic carbocycles. The molecule has 0 aliphatic rings. The number of ketones is 1. The largest absolute Gasteiger partial charge is 0.344 e. The molecule has 2 aromatic rings. The Morgan fingerprint density at radius 3 is 2.50 bits per heavy atom. The normalized spacial score (nSPS) is 9.31. The Bertz CT molecular complexity index is 555. The van der Waals surface area contributed by atoms with E-state index in [1.807, 2.05) is 48.1 Å². The lowest BCUT2D eigenvalue weighted by atomic mass is 10.1. The van der Waals surface area contributed by atoms with Crippen LogP contribution in [0.2, 0.25) is 0 Å². The Morgan fingerprint density at radius 2 is 1.88 bits per heavy atom. The van der Waals surface area contributed by atoms with Gasteiger partial charge in [0.2, 0.25) is 5.78 Å². The van der Waals surface area contributed by atoms with Crippen LogP contribution in [-0.2, 0) is 7.05 Å². The summed E-state index contributed by atoms with van der Waals surface area (Å²) in [5, 5.41) is 0. The van der Waals surface area contributed by atoms with E-state index in [1.54, 1.807) is 12.1 Å². The minimum absolute atomic E-state index is 0.151. The maximum Gasteiger partial charge on any atom is 0.236 e. The van der Waals surface area contributed by atoms with Gasteiger partial charge in [-0.2, -0.15) is 0 Å². The number of benzene rings is 1. The van der Waals surface area contributed by atoms with E-state index in [9.17, 15) is 4.79 Å². The Kier molecular flexibility index (Phi) is 2.88. The van der Waals surface area contributed by atoms with Gasteiger partial charge in [-0.25, -0.2) is 0 Å². The van der Waals surface area contributed by atoms with Gasteiger partial charge in [0.05, 0.1) is 5.69 Å². The molecule has 0 saturated heterocycles. The maximum atomic E-state index is 11.7. The summed E-state index contributed by atoms with van der Waals surface area (Å²) in [6, 6.07) is 12.8. The van der Waals surface area contributed by atoms with Crippen LogP contribution in [0, 0.1) is 11.8 Å². The molecule has 0 spiro atoms. The fourth-order valence-electron chi connectivity index (χ4n) is 1.37. The zero-order valence-corrected chi connectivity index (χ0v) is 8.97. The standard InChI is InChI=1S/C14H11NO/c1-15-11-5-8-13(15)9-10-14(16)12-6-3-2-4-7-12/h2-8,11H,1H3. The molecule has 0 N–H and O–H groups in total. The number of hydrogen-bond donors (Lipinski definition) is 0. The summed E-state index contributed by atoms with van der Waals surface area (Å²) < 4.78 is 1.88. The van der Waals surface area contributed by atoms with Crippen molar-refractivity contribution in [3.8, 4) is 11.8 Å². The minimum Gasteiger partial charge on any atom is -0.344 e. The van der Waals surface area contributed by atoms with Crippen LogP contribution in [0.5, 0.6) is 0 Å². The van der Waals surface area contributed by atoms with Crippen molar-refractivity contribution < 1.29 is 4.79 Å². The topological polar surface area (TPSA) is 22.0 Å². The quantitative estimate of drug-likeness (QED) is 0.521. The molecule has 2 rings (SSSR count). The lowest BCUT2D eigenvalue weighted by Crippen LogP contribution is -1.95. The van der Waals surface area contributed by atoms with E-state index in [2.05, 4.69) is 11.8 Å². The van der Waals surface area contributed by atoms with Crippen molar-refractivity contribution in [2.75, 3.05) is 0 Å². The number of aromatic nitrogens is 1. The number of rotatable bonds is 1. The van der Waals surface area contributed by atoms with Crippen molar-refractivity contribution in [3.05, 3.63) is 59.9 Å². The number of nitrogens with zero attached hydrogens (tertiary/aromatic N) is 1. The lowest BCUT2D eigenvalue weighted by Gasteiger charge is -1.92. The van der Waals surface area contributed by atoms with Gasteiger partial charge in [0.1, 0.15) is 0 Å². The van der Waals surface area contributed by atoms with E-state index in [4.69, 9.17) is 0 Å². The zero-order valence-electron chi connectivity index (χ0n) is 8.97. The summed E-state index contributed by atoms with van der Waals surface area (Å²) in [6.07, 6.45) is 1.90. The predicted octanol–water partition coefficient (Wildman–Crippen LogP) is 2.26. The van der Waals surface area contributed by atoms with Crippen LogP contribution in [-0.4, -0.2) is 10.4 Å². The summed E-state index contributed by atoms with van der Waals surface area (Å²) in [4.78, 5) is 11.7. The summed E-state index contributed by atoms with van der Waals surface area (Å²) in [6.45, 7) is 0. The SMILES string of the molecule is Cn1cccc1C#CC(=O)c1ccccc1. The molecule has 0 fully saturated rings. The summed E-state index contributed by atoms with van der Waals surface area (Å²) >= 11 is 0. The molecule has 1 aromatic heterocycles. The Hall–Kier alpha value is -2.27. The van der Waals surface area contributed by atoms with E-state index in [0.29, 0.717) is 5.56 Å². The second-order valence-corrected chi connectivity index (χ2v) is 3.45. The number of Topliss-reactive ketones (excluding diaryl/α,β-unsaturated/α-hetero) is 1. The number of aryl methyl sites for hydroxylation is 1. The van der Waals surface area contributed by atoms with Gasteiger partial charge in [-0.15, -0.1) is 0 Å². The maximum absolute atomic E-state index is 11.7. The van der Waals surface area contributed by atoms with Crippen molar-refractivity contribution in [2.24, 2.45) is 7.05 Å². The molecule has 0 unspecified atom stereocenters. The van der Waals surface area contributed by atoms with Crippen LogP contribution < -0.4 is 0 Å². The monoisotopic (exact) mass is 209 g/mol. The summed E-state index contributed by atoms with van der Waals surface area (Å²) in [5.74, 6) is 5.34. The third kappa shape index (κ3) is 2.21. The first-order valence-electron chi connectivity index (χ1n) is 5.00. The average molecular weight is 209 g/mol. The van der Waals surface area contributed by atoms with E-state index >= 15 is 0 Å². The highest BCUT2D eigenvalue weighted by Crippen LogP contribution is 2.00. The number of carbonyl (C=O) groups excluding carboxylic acids is 1. The molecule has 2 nitrogen and oxygen atoms in total. The highest BCUT2D eigenvalue weighted by molar-refractivity contribution is 6.09. The third-order valence-electron chi connectivity index (χ3n) is 2.28. The smallest absolute Gasteiger partial charge is 0.236 e. The third-order valence-corrected chi connectivity index (χ3v) is 2.28. The molecule has 0 aliphatic heterocycles. The average Bonchev–Trinajstić information content (AvgIpc) is 2.73. The van der Waals surface area contributed by atoms with Gasteiger partial charge in [0, 0.05) is 18.8 Å². The van der Waals surface area contributed by atoms with Crippen molar-refractivity contribution in [1.29, 1.82) is 0 Å². The van der Waals surface area contributed by atoms with Crippen LogP contribution >= 0.6 is 0 Å². The first-order chi connectivity index (χ1) is 7.77. The molecule has 0 amide bonds. The molecule has 0 bridgehead atoms. The van der Waals surface area contributed by atoms with Gasteiger partial charge in [-0.1, -0.05) is 30.3 Å². The van der Waals surface area contributed by atoms with Crippen molar-refractivity contribution in [3.63, 3.8) is 0 Å². The van der Waals surface area contributed by atoms with Gasteiger partial charge in [0.25, 0.3) is 0 Å². The molecule has 1 heterocycles. The molecule has 78 valence electrons. The second-order valence-electron chi connectivity index (χ2n) is 3.45. The summed E-state index contributed by atoms with van der Waals surface area (Å²) in [7, 11) is 1.90. The fourth-order valence-corrected chi connectivity index (χ4v) is 1.37. The van der Waals surface area contributed by atoms with Crippen LogP contribution in [0.15, 0.2) is 48.7 Å². The molecule has 1 aromatic carbocycles. The van der Waals surface area contributed by atoms with Gasteiger partial charge in [0.15, 0.2) is 0 Å². The van der Waals surface area contributed by atoms with Crippen LogP contribution in [0.3, 0.4) is 0 Å². The van der Waals surface area contributed by atoms with Crippen molar-refractivity contribution in [1.82, 2.24) is 4.57 Å². The van der Waals surface area contributed by atoms with Gasteiger partial charge >= 0.3 is 0 Å². The highest BCUT2D eigenvalue weighted by Gasteiger charge is 1.99. The first kappa shape index (κ1) is 10.3. The lowest BCUT2D eigenvalue weighted by molar-refractivity contribution is 0.105. The predicted molar refractivity (Wildman–Crippen MR) is 63.1 cm³/mol. The Labute approximate surface area is 94.5 Å². The van der Waals surface area contributed by atoms with Gasteiger partial charge < -0.3 is 4.57 Å².